The molecule has 0 unspecified atom stereocenters. The van der Waals surface area contributed by atoms with Gasteiger partial charge in [0, 0.05) is 22.3 Å². The summed E-state index contributed by atoms with van der Waals surface area (Å²) in [4.78, 5) is 12.1. The Morgan fingerprint density at radius 2 is 2.05 bits per heavy atom. The highest BCUT2D eigenvalue weighted by Gasteiger charge is 2.27. The second-order valence-electron chi connectivity index (χ2n) is 5.36. The molecule has 1 fully saturated rings. The summed E-state index contributed by atoms with van der Waals surface area (Å²) >= 11 is 0. The maximum absolute atomic E-state index is 12.1. The Bertz CT molecular complexity index is 621. The van der Waals surface area contributed by atoms with Crippen molar-refractivity contribution in [2.24, 2.45) is 5.92 Å². The molecule has 0 atom stereocenters. The lowest BCUT2D eigenvalue weighted by Crippen LogP contribution is -2.43. The van der Waals surface area contributed by atoms with Gasteiger partial charge >= 0.3 is 0 Å². The lowest BCUT2D eigenvalue weighted by atomic mass is 9.82. The molecule has 0 aliphatic heterocycles. The summed E-state index contributed by atoms with van der Waals surface area (Å²) in [6.07, 6.45) is 2.49. The molecule has 1 N–H and O–H groups in total. The average molecular weight is 316 g/mol. The van der Waals surface area contributed by atoms with Crippen LogP contribution >= 0.6 is 10.7 Å². The minimum Gasteiger partial charge on any atom is -0.349 e. The molecule has 1 saturated carbocycles. The number of carbonyl (C=O) groups excluding carboxylic acids is 1. The molecule has 0 heterocycles. The molecule has 1 aromatic carbocycles. The molecular formula is C14H18ClNO3S. The summed E-state index contributed by atoms with van der Waals surface area (Å²) in [6, 6.07) is 4.84. The monoisotopic (exact) mass is 315 g/mol. The summed E-state index contributed by atoms with van der Waals surface area (Å²) in [6.45, 7) is 3.98. The van der Waals surface area contributed by atoms with Gasteiger partial charge < -0.3 is 5.32 Å². The fourth-order valence-electron chi connectivity index (χ4n) is 2.50. The van der Waals surface area contributed by atoms with Crippen LogP contribution in [0.4, 0.5) is 0 Å². The maximum atomic E-state index is 12.1. The van der Waals surface area contributed by atoms with Gasteiger partial charge in [-0.1, -0.05) is 19.9 Å². The zero-order chi connectivity index (χ0) is 14.9. The third-order valence-corrected chi connectivity index (χ3v) is 5.09. The van der Waals surface area contributed by atoms with E-state index in [2.05, 4.69) is 12.2 Å². The van der Waals surface area contributed by atoms with Crippen LogP contribution in [0.3, 0.4) is 0 Å². The number of carbonyl (C=O) groups is 1. The van der Waals surface area contributed by atoms with Gasteiger partial charge in [-0.3, -0.25) is 4.79 Å². The van der Waals surface area contributed by atoms with Crippen LogP contribution in [0.1, 0.15) is 42.6 Å². The largest absolute Gasteiger partial charge is 0.349 e. The summed E-state index contributed by atoms with van der Waals surface area (Å²) in [7, 11) is 1.58. The van der Waals surface area contributed by atoms with Gasteiger partial charge in [0.05, 0.1) is 4.90 Å². The van der Waals surface area contributed by atoms with Crippen molar-refractivity contribution >= 4 is 25.6 Å². The molecule has 0 saturated heterocycles. The van der Waals surface area contributed by atoms with E-state index in [1.165, 1.54) is 6.07 Å². The fourth-order valence-corrected chi connectivity index (χ4v) is 3.73. The van der Waals surface area contributed by atoms with Crippen molar-refractivity contribution < 1.29 is 13.2 Å². The van der Waals surface area contributed by atoms with E-state index in [1.54, 1.807) is 12.1 Å². The van der Waals surface area contributed by atoms with Crippen molar-refractivity contribution in [1.82, 2.24) is 5.32 Å². The van der Waals surface area contributed by atoms with Gasteiger partial charge in [-0.15, -0.1) is 0 Å². The zero-order valence-electron chi connectivity index (χ0n) is 11.5. The second kappa shape index (κ2) is 5.74. The van der Waals surface area contributed by atoms with Crippen molar-refractivity contribution in [3.05, 3.63) is 29.3 Å². The Labute approximate surface area is 123 Å². The van der Waals surface area contributed by atoms with Crippen LogP contribution in [-0.4, -0.2) is 20.4 Å². The second-order valence-corrected chi connectivity index (χ2v) is 7.90. The first kappa shape index (κ1) is 15.3. The number of amides is 1. The number of rotatable bonds is 4. The highest BCUT2D eigenvalue weighted by molar-refractivity contribution is 8.13. The molecule has 1 aromatic rings. The molecule has 0 aromatic heterocycles. The third-order valence-electron chi connectivity index (χ3n) is 3.68. The van der Waals surface area contributed by atoms with Crippen LogP contribution in [0.2, 0.25) is 0 Å². The van der Waals surface area contributed by atoms with Gasteiger partial charge in [0.25, 0.3) is 15.0 Å². The maximum Gasteiger partial charge on any atom is 0.261 e. The smallest absolute Gasteiger partial charge is 0.261 e. The lowest BCUT2D eigenvalue weighted by Gasteiger charge is -2.33. The molecule has 0 spiro atoms. The van der Waals surface area contributed by atoms with E-state index in [0.717, 1.165) is 12.8 Å². The normalized spacial score (nSPS) is 22.1. The minimum absolute atomic E-state index is 0.0243. The van der Waals surface area contributed by atoms with Gasteiger partial charge in [0.1, 0.15) is 0 Å². The zero-order valence-corrected chi connectivity index (χ0v) is 13.1. The molecular weight excluding hydrogens is 298 g/mol. The van der Waals surface area contributed by atoms with Crippen LogP contribution in [0, 0.1) is 5.92 Å². The quantitative estimate of drug-likeness (QED) is 0.869. The molecule has 20 heavy (non-hydrogen) atoms. The van der Waals surface area contributed by atoms with E-state index in [0.29, 0.717) is 23.5 Å². The van der Waals surface area contributed by atoms with Crippen LogP contribution < -0.4 is 5.32 Å². The average Bonchev–Trinajstić information content (AvgIpc) is 2.35. The van der Waals surface area contributed by atoms with Gasteiger partial charge in [-0.2, -0.15) is 0 Å². The highest BCUT2D eigenvalue weighted by Crippen LogP contribution is 2.27. The van der Waals surface area contributed by atoms with E-state index < -0.39 is 9.05 Å². The number of halogens is 1. The Morgan fingerprint density at radius 3 is 2.55 bits per heavy atom. The van der Waals surface area contributed by atoms with Gasteiger partial charge in [0.2, 0.25) is 0 Å². The van der Waals surface area contributed by atoms with Crippen molar-refractivity contribution in [3.63, 3.8) is 0 Å². The Kier molecular flexibility index (Phi) is 4.39. The van der Waals surface area contributed by atoms with Crippen molar-refractivity contribution in [1.29, 1.82) is 0 Å². The predicted molar refractivity (Wildman–Crippen MR) is 78.5 cm³/mol. The summed E-state index contributed by atoms with van der Waals surface area (Å²) in [5.74, 6) is 0.396. The summed E-state index contributed by atoms with van der Waals surface area (Å²) in [5, 5.41) is 2.90. The van der Waals surface area contributed by atoms with E-state index in [9.17, 15) is 13.2 Å². The first-order valence-electron chi connectivity index (χ1n) is 6.69. The summed E-state index contributed by atoms with van der Waals surface area (Å²) < 4.78 is 23.1. The van der Waals surface area contributed by atoms with Crippen molar-refractivity contribution in [2.75, 3.05) is 0 Å². The fraction of sp³-hybridized carbons (Fsp3) is 0.500. The number of benzene rings is 1. The molecule has 1 aliphatic carbocycles. The number of nitrogens with one attached hydrogen (secondary N) is 1. The van der Waals surface area contributed by atoms with Crippen LogP contribution in [0.5, 0.6) is 0 Å². The van der Waals surface area contributed by atoms with Crippen LogP contribution in [0.25, 0.3) is 0 Å². The van der Waals surface area contributed by atoms with Crippen molar-refractivity contribution in [3.8, 4) is 0 Å². The molecule has 4 nitrogen and oxygen atoms in total. The van der Waals surface area contributed by atoms with Gasteiger partial charge in [-0.05, 0) is 42.9 Å². The van der Waals surface area contributed by atoms with E-state index in [-0.39, 0.29) is 16.8 Å². The first-order valence-corrected chi connectivity index (χ1v) is 9.00. The van der Waals surface area contributed by atoms with Gasteiger partial charge in [-0.25, -0.2) is 8.42 Å². The molecule has 1 aliphatic rings. The highest BCUT2D eigenvalue weighted by atomic mass is 35.7. The van der Waals surface area contributed by atoms with Gasteiger partial charge in [0.15, 0.2) is 0 Å². The van der Waals surface area contributed by atoms with Crippen LogP contribution in [-0.2, 0) is 15.5 Å². The van der Waals surface area contributed by atoms with E-state index in [1.807, 2.05) is 6.92 Å². The molecule has 1 amide bonds. The molecule has 110 valence electrons. The first-order chi connectivity index (χ1) is 9.31. The van der Waals surface area contributed by atoms with E-state index >= 15 is 0 Å². The number of hydrogen-bond donors (Lipinski definition) is 1. The number of hydrogen-bond acceptors (Lipinski definition) is 3. The Balaban J connectivity index is 2.22. The Hall–Kier alpha value is -1.07. The minimum atomic E-state index is -3.84. The predicted octanol–water partition coefficient (Wildman–Crippen LogP) is 2.70. The van der Waals surface area contributed by atoms with Crippen molar-refractivity contribution in [2.45, 2.75) is 44.0 Å². The Morgan fingerprint density at radius 1 is 1.40 bits per heavy atom. The van der Waals surface area contributed by atoms with E-state index in [4.69, 9.17) is 10.7 Å². The standard InChI is InChI=1S/C14H18ClNO3S/c1-3-10-4-5-11(8-13(10)20(15,18)19)14(17)16-12-6-9(2)7-12/h4-5,8-9,12H,3,6-7H2,1-2H3,(H,16,17). The SMILES string of the molecule is CCc1ccc(C(=O)NC2CC(C)C2)cc1S(=O)(=O)Cl. The molecule has 0 radical (unpaired) electrons. The van der Waals surface area contributed by atoms with Crippen LogP contribution in [0.15, 0.2) is 23.1 Å². The molecule has 2 rings (SSSR count). The number of aryl methyl sites for hydroxylation is 1. The molecule has 0 bridgehead atoms. The summed E-state index contributed by atoms with van der Waals surface area (Å²) in [5.41, 5.74) is 0.954. The third kappa shape index (κ3) is 3.33. The topological polar surface area (TPSA) is 63.2 Å². The lowest BCUT2D eigenvalue weighted by molar-refractivity contribution is 0.0896. The molecule has 6 heteroatoms.